The van der Waals surface area contributed by atoms with E-state index in [1.54, 1.807) is 18.2 Å². The third-order valence-corrected chi connectivity index (χ3v) is 2.80. The van der Waals surface area contributed by atoms with Crippen molar-refractivity contribution in [3.63, 3.8) is 0 Å². The molecule has 0 radical (unpaired) electrons. The molecule has 1 amide bonds. The lowest BCUT2D eigenvalue weighted by Gasteiger charge is -2.14. The fraction of sp³-hybridized carbons (Fsp3) is 0.500. The minimum atomic E-state index is -0.258. The maximum atomic E-state index is 11.7. The Kier molecular flexibility index (Phi) is 6.15. The number of hydrogen-bond acceptors (Lipinski definition) is 4. The molecule has 19 heavy (non-hydrogen) atoms. The lowest BCUT2D eigenvalue weighted by molar-refractivity contribution is -0.122. The molecular weight excluding hydrogens is 244 g/mol. The molecule has 3 N–H and O–H groups in total. The molecule has 1 atom stereocenters. The standard InChI is InChI=1S/C14H22N2O3/c1-4-7-15-14(18)10(2)16-9-11-5-6-12(17)13(8-11)19-3/h5-6,8,10,16-17H,4,7,9H2,1-3H3,(H,15,18). The molecule has 5 nitrogen and oxygen atoms in total. The molecule has 1 aromatic carbocycles. The summed E-state index contributed by atoms with van der Waals surface area (Å²) in [6.07, 6.45) is 0.924. The van der Waals surface area contributed by atoms with Gasteiger partial charge in [-0.3, -0.25) is 4.79 Å². The normalized spacial score (nSPS) is 11.9. The molecule has 0 aliphatic heterocycles. The van der Waals surface area contributed by atoms with Crippen LogP contribution in [0.1, 0.15) is 25.8 Å². The SMILES string of the molecule is CCCNC(=O)C(C)NCc1ccc(O)c(OC)c1. The second-order valence-corrected chi connectivity index (χ2v) is 4.40. The van der Waals surface area contributed by atoms with E-state index in [-0.39, 0.29) is 17.7 Å². The highest BCUT2D eigenvalue weighted by Crippen LogP contribution is 2.26. The van der Waals surface area contributed by atoms with E-state index in [1.165, 1.54) is 7.11 Å². The van der Waals surface area contributed by atoms with E-state index in [1.807, 2.05) is 13.8 Å². The number of benzene rings is 1. The highest BCUT2D eigenvalue weighted by atomic mass is 16.5. The summed E-state index contributed by atoms with van der Waals surface area (Å²) in [5.41, 5.74) is 0.949. The zero-order chi connectivity index (χ0) is 14.3. The number of nitrogens with one attached hydrogen (secondary N) is 2. The van der Waals surface area contributed by atoms with Gasteiger partial charge in [0.15, 0.2) is 11.5 Å². The maximum absolute atomic E-state index is 11.7. The summed E-state index contributed by atoms with van der Waals surface area (Å²) >= 11 is 0. The Morgan fingerprint density at radius 3 is 2.84 bits per heavy atom. The number of hydrogen-bond donors (Lipinski definition) is 3. The van der Waals surface area contributed by atoms with Crippen molar-refractivity contribution in [2.24, 2.45) is 0 Å². The second-order valence-electron chi connectivity index (χ2n) is 4.40. The van der Waals surface area contributed by atoms with E-state index >= 15 is 0 Å². The summed E-state index contributed by atoms with van der Waals surface area (Å²) in [6.45, 7) is 5.07. The number of phenolic OH excluding ortho intramolecular Hbond substituents is 1. The quantitative estimate of drug-likeness (QED) is 0.698. The van der Waals surface area contributed by atoms with Gasteiger partial charge < -0.3 is 20.5 Å². The molecule has 5 heteroatoms. The summed E-state index contributed by atoms with van der Waals surface area (Å²) < 4.78 is 5.04. The van der Waals surface area contributed by atoms with Gasteiger partial charge in [-0.2, -0.15) is 0 Å². The topological polar surface area (TPSA) is 70.6 Å². The van der Waals surface area contributed by atoms with Crippen LogP contribution >= 0.6 is 0 Å². The van der Waals surface area contributed by atoms with E-state index in [4.69, 9.17) is 4.74 Å². The van der Waals surface area contributed by atoms with Crippen LogP contribution in [-0.2, 0) is 11.3 Å². The smallest absolute Gasteiger partial charge is 0.236 e. The van der Waals surface area contributed by atoms with Crippen LogP contribution < -0.4 is 15.4 Å². The summed E-state index contributed by atoms with van der Waals surface area (Å²) in [4.78, 5) is 11.7. The van der Waals surface area contributed by atoms with Gasteiger partial charge in [-0.15, -0.1) is 0 Å². The predicted octanol–water partition coefficient (Wildman–Crippen LogP) is 1.41. The van der Waals surface area contributed by atoms with Crippen LogP contribution in [0.15, 0.2) is 18.2 Å². The van der Waals surface area contributed by atoms with E-state index in [2.05, 4.69) is 10.6 Å². The maximum Gasteiger partial charge on any atom is 0.236 e. The van der Waals surface area contributed by atoms with Crippen LogP contribution in [0, 0.1) is 0 Å². The molecule has 106 valence electrons. The highest BCUT2D eigenvalue weighted by molar-refractivity contribution is 5.81. The van der Waals surface area contributed by atoms with Gasteiger partial charge in [-0.05, 0) is 31.0 Å². The number of methoxy groups -OCH3 is 1. The molecule has 0 aromatic heterocycles. The summed E-state index contributed by atoms with van der Waals surface area (Å²) in [5, 5.41) is 15.5. The van der Waals surface area contributed by atoms with Gasteiger partial charge in [-0.25, -0.2) is 0 Å². The number of carbonyl (C=O) groups is 1. The van der Waals surface area contributed by atoms with Crippen LogP contribution in [-0.4, -0.2) is 30.7 Å². The molecule has 0 saturated heterocycles. The van der Waals surface area contributed by atoms with E-state index in [0.29, 0.717) is 18.8 Å². The second kappa shape index (κ2) is 7.63. The Morgan fingerprint density at radius 2 is 2.21 bits per heavy atom. The number of ether oxygens (including phenoxy) is 1. The Bertz CT molecular complexity index is 421. The average molecular weight is 266 g/mol. The van der Waals surface area contributed by atoms with Crippen LogP contribution in [0.5, 0.6) is 11.5 Å². The first-order chi connectivity index (χ1) is 9.08. The minimum absolute atomic E-state index is 0.00686. The molecule has 0 bridgehead atoms. The molecular formula is C14H22N2O3. The highest BCUT2D eigenvalue weighted by Gasteiger charge is 2.11. The summed E-state index contributed by atoms with van der Waals surface area (Å²) in [7, 11) is 1.51. The van der Waals surface area contributed by atoms with E-state index in [9.17, 15) is 9.90 Å². The van der Waals surface area contributed by atoms with Crippen LogP contribution in [0.2, 0.25) is 0 Å². The molecule has 1 aromatic rings. The van der Waals surface area contributed by atoms with Gasteiger partial charge in [0, 0.05) is 13.1 Å². The minimum Gasteiger partial charge on any atom is -0.504 e. The Labute approximate surface area is 114 Å². The van der Waals surface area contributed by atoms with Gasteiger partial charge in [0.05, 0.1) is 13.2 Å². The molecule has 0 heterocycles. The zero-order valence-corrected chi connectivity index (χ0v) is 11.7. The van der Waals surface area contributed by atoms with E-state index in [0.717, 1.165) is 12.0 Å². The van der Waals surface area contributed by atoms with Crippen molar-refractivity contribution in [1.29, 1.82) is 0 Å². The Hall–Kier alpha value is -1.75. The number of phenols is 1. The summed E-state index contributed by atoms with van der Waals surface area (Å²) in [6, 6.07) is 4.87. The number of amides is 1. The number of aromatic hydroxyl groups is 1. The molecule has 0 fully saturated rings. The van der Waals surface area contributed by atoms with Crippen molar-refractivity contribution >= 4 is 5.91 Å². The number of rotatable bonds is 7. The molecule has 0 spiro atoms. The van der Waals surface area contributed by atoms with Crippen molar-refractivity contribution < 1.29 is 14.6 Å². The van der Waals surface area contributed by atoms with Crippen LogP contribution in [0.4, 0.5) is 0 Å². The van der Waals surface area contributed by atoms with Gasteiger partial charge in [0.25, 0.3) is 0 Å². The van der Waals surface area contributed by atoms with Gasteiger partial charge in [-0.1, -0.05) is 13.0 Å². The van der Waals surface area contributed by atoms with Gasteiger partial charge in [0.1, 0.15) is 0 Å². The monoisotopic (exact) mass is 266 g/mol. The molecule has 1 unspecified atom stereocenters. The predicted molar refractivity (Wildman–Crippen MR) is 74.3 cm³/mol. The van der Waals surface area contributed by atoms with E-state index < -0.39 is 0 Å². The van der Waals surface area contributed by atoms with Crippen molar-refractivity contribution in [2.75, 3.05) is 13.7 Å². The third-order valence-electron chi connectivity index (χ3n) is 2.80. The third kappa shape index (κ3) is 4.79. The fourth-order valence-corrected chi connectivity index (χ4v) is 1.60. The van der Waals surface area contributed by atoms with Gasteiger partial charge in [0.2, 0.25) is 5.91 Å². The molecule has 1 rings (SSSR count). The molecule has 0 aliphatic rings. The van der Waals surface area contributed by atoms with Crippen molar-refractivity contribution in [2.45, 2.75) is 32.9 Å². The largest absolute Gasteiger partial charge is 0.504 e. The van der Waals surface area contributed by atoms with Crippen molar-refractivity contribution in [1.82, 2.24) is 10.6 Å². The Balaban J connectivity index is 2.50. The molecule has 0 aliphatic carbocycles. The van der Waals surface area contributed by atoms with Crippen molar-refractivity contribution in [3.05, 3.63) is 23.8 Å². The summed E-state index contributed by atoms with van der Waals surface area (Å²) in [5.74, 6) is 0.537. The first kappa shape index (κ1) is 15.3. The first-order valence-electron chi connectivity index (χ1n) is 6.45. The molecule has 0 saturated carbocycles. The van der Waals surface area contributed by atoms with Crippen molar-refractivity contribution in [3.8, 4) is 11.5 Å². The Morgan fingerprint density at radius 1 is 1.47 bits per heavy atom. The van der Waals surface area contributed by atoms with Crippen LogP contribution in [0.25, 0.3) is 0 Å². The fourth-order valence-electron chi connectivity index (χ4n) is 1.60. The first-order valence-corrected chi connectivity index (χ1v) is 6.45. The van der Waals surface area contributed by atoms with Gasteiger partial charge >= 0.3 is 0 Å². The van der Waals surface area contributed by atoms with Crippen LogP contribution in [0.3, 0.4) is 0 Å². The lowest BCUT2D eigenvalue weighted by Crippen LogP contribution is -2.42. The average Bonchev–Trinajstić information content (AvgIpc) is 2.43. The number of carbonyl (C=O) groups excluding carboxylic acids is 1. The lowest BCUT2D eigenvalue weighted by atomic mass is 10.2. The zero-order valence-electron chi connectivity index (χ0n) is 11.7.